The van der Waals surface area contributed by atoms with Gasteiger partial charge in [-0.25, -0.2) is 0 Å². The Morgan fingerprint density at radius 2 is 1.40 bits per heavy atom. The summed E-state index contributed by atoms with van der Waals surface area (Å²) in [5.41, 5.74) is 1.69. The van der Waals surface area contributed by atoms with E-state index in [2.05, 4.69) is 0 Å². The molecule has 0 amide bonds. The zero-order chi connectivity index (χ0) is 18.2. The van der Waals surface area contributed by atoms with Gasteiger partial charge in [0.1, 0.15) is 0 Å². The average molecular weight is 342 g/mol. The third-order valence-electron chi connectivity index (χ3n) is 3.61. The summed E-state index contributed by atoms with van der Waals surface area (Å²) in [4.78, 5) is 0. The van der Waals surface area contributed by atoms with Gasteiger partial charge in [0.15, 0.2) is 23.0 Å². The molecular weight excluding hydrogens is 320 g/mol. The third kappa shape index (κ3) is 5.29. The molecule has 3 N–H and O–H groups in total. The summed E-state index contributed by atoms with van der Waals surface area (Å²) in [6.45, 7) is 0. The number of rotatable bonds is 7. The van der Waals surface area contributed by atoms with Crippen molar-refractivity contribution >= 4 is 12.2 Å². The minimum Gasteiger partial charge on any atom is -0.504 e. The van der Waals surface area contributed by atoms with Crippen LogP contribution in [0.2, 0.25) is 0 Å². The number of aromatic hydroxyl groups is 2. The fraction of sp³-hybridized carbons (Fsp3) is 0.200. The van der Waals surface area contributed by atoms with Crippen LogP contribution in [0.5, 0.6) is 23.0 Å². The second kappa shape index (κ2) is 8.80. The number of aliphatic hydroxyl groups is 1. The standard InChI is InChI=1S/C20H22O5/c1-24-19-12-14(7-10-17(19)22)4-3-5-16(21)9-6-15-8-11-18(23)20(13-15)25-2/h3-4,6-13,16,21-23H,5H2,1-2H3/b4-3+,9-6+. The molecule has 1 unspecified atom stereocenters. The fourth-order valence-electron chi connectivity index (χ4n) is 2.24. The molecule has 2 rings (SSSR count). The highest BCUT2D eigenvalue weighted by Gasteiger charge is 2.02. The van der Waals surface area contributed by atoms with Crippen LogP contribution in [0.1, 0.15) is 17.5 Å². The van der Waals surface area contributed by atoms with E-state index in [-0.39, 0.29) is 11.5 Å². The number of hydrogen-bond donors (Lipinski definition) is 3. The second-order valence-corrected chi connectivity index (χ2v) is 5.43. The van der Waals surface area contributed by atoms with E-state index in [0.717, 1.165) is 11.1 Å². The number of phenolic OH excluding ortho intramolecular Hbond substituents is 2. The molecule has 0 aliphatic heterocycles. The molecule has 0 aliphatic carbocycles. The van der Waals surface area contributed by atoms with Crippen LogP contribution in [0.25, 0.3) is 12.2 Å². The number of methoxy groups -OCH3 is 2. The van der Waals surface area contributed by atoms with E-state index < -0.39 is 6.10 Å². The third-order valence-corrected chi connectivity index (χ3v) is 3.61. The molecule has 0 saturated carbocycles. The Hall–Kier alpha value is -2.92. The Morgan fingerprint density at radius 3 is 1.92 bits per heavy atom. The van der Waals surface area contributed by atoms with Crippen LogP contribution in [0.3, 0.4) is 0 Å². The molecule has 5 heteroatoms. The van der Waals surface area contributed by atoms with Crippen molar-refractivity contribution in [3.63, 3.8) is 0 Å². The van der Waals surface area contributed by atoms with Gasteiger partial charge in [0.05, 0.1) is 20.3 Å². The molecule has 2 aromatic carbocycles. The molecule has 0 fully saturated rings. The number of hydrogen-bond acceptors (Lipinski definition) is 5. The van der Waals surface area contributed by atoms with Crippen LogP contribution in [0.15, 0.2) is 48.6 Å². The minimum absolute atomic E-state index is 0.0763. The maximum atomic E-state index is 10.0. The van der Waals surface area contributed by atoms with E-state index in [0.29, 0.717) is 17.9 Å². The first kappa shape index (κ1) is 18.4. The molecule has 132 valence electrons. The molecule has 0 bridgehead atoms. The molecular formula is C20H22O5. The van der Waals surface area contributed by atoms with Crippen LogP contribution in [0.4, 0.5) is 0 Å². The largest absolute Gasteiger partial charge is 0.504 e. The molecule has 2 aromatic rings. The van der Waals surface area contributed by atoms with Crippen molar-refractivity contribution in [3.8, 4) is 23.0 Å². The summed E-state index contributed by atoms with van der Waals surface area (Å²) >= 11 is 0. The van der Waals surface area contributed by atoms with Gasteiger partial charge in [-0.3, -0.25) is 0 Å². The number of phenols is 2. The van der Waals surface area contributed by atoms with E-state index in [4.69, 9.17) is 9.47 Å². The lowest BCUT2D eigenvalue weighted by Gasteiger charge is -2.05. The molecule has 0 radical (unpaired) electrons. The lowest BCUT2D eigenvalue weighted by Crippen LogP contribution is -1.99. The lowest BCUT2D eigenvalue weighted by atomic mass is 10.1. The highest BCUT2D eigenvalue weighted by Crippen LogP contribution is 2.27. The van der Waals surface area contributed by atoms with E-state index in [1.165, 1.54) is 14.2 Å². The quantitative estimate of drug-likeness (QED) is 0.716. The number of benzene rings is 2. The van der Waals surface area contributed by atoms with Crippen LogP contribution in [0, 0.1) is 0 Å². The summed E-state index contributed by atoms with van der Waals surface area (Å²) in [5, 5.41) is 29.1. The maximum Gasteiger partial charge on any atom is 0.161 e. The van der Waals surface area contributed by atoms with Crippen LogP contribution < -0.4 is 9.47 Å². The molecule has 5 nitrogen and oxygen atoms in total. The van der Waals surface area contributed by atoms with E-state index >= 15 is 0 Å². The van der Waals surface area contributed by atoms with Crippen molar-refractivity contribution in [2.75, 3.05) is 14.2 Å². The monoisotopic (exact) mass is 342 g/mol. The number of aliphatic hydroxyl groups excluding tert-OH is 1. The molecule has 25 heavy (non-hydrogen) atoms. The topological polar surface area (TPSA) is 79.2 Å². The Bertz CT molecular complexity index is 765. The summed E-state index contributed by atoms with van der Waals surface area (Å²) in [5.74, 6) is 0.959. The highest BCUT2D eigenvalue weighted by atomic mass is 16.5. The summed E-state index contributed by atoms with van der Waals surface area (Å²) in [7, 11) is 2.98. The first-order valence-corrected chi connectivity index (χ1v) is 7.80. The lowest BCUT2D eigenvalue weighted by molar-refractivity contribution is 0.228. The molecule has 0 spiro atoms. The van der Waals surface area contributed by atoms with Gasteiger partial charge in [-0.1, -0.05) is 36.4 Å². The van der Waals surface area contributed by atoms with Crippen molar-refractivity contribution in [2.45, 2.75) is 12.5 Å². The molecule has 0 aromatic heterocycles. The number of ether oxygens (including phenoxy) is 2. The van der Waals surface area contributed by atoms with Gasteiger partial charge in [0.25, 0.3) is 0 Å². The van der Waals surface area contributed by atoms with Gasteiger partial charge in [-0.2, -0.15) is 0 Å². The van der Waals surface area contributed by atoms with Crippen LogP contribution in [-0.2, 0) is 0 Å². The Morgan fingerprint density at radius 1 is 0.880 bits per heavy atom. The summed E-state index contributed by atoms with van der Waals surface area (Å²) < 4.78 is 10.1. The molecule has 0 aliphatic rings. The van der Waals surface area contributed by atoms with Gasteiger partial charge < -0.3 is 24.8 Å². The minimum atomic E-state index is -0.643. The second-order valence-electron chi connectivity index (χ2n) is 5.43. The fourth-order valence-corrected chi connectivity index (χ4v) is 2.24. The van der Waals surface area contributed by atoms with Crippen LogP contribution >= 0.6 is 0 Å². The van der Waals surface area contributed by atoms with Crippen molar-refractivity contribution in [3.05, 3.63) is 59.7 Å². The van der Waals surface area contributed by atoms with Gasteiger partial charge in [0, 0.05) is 0 Å². The van der Waals surface area contributed by atoms with Crippen LogP contribution in [-0.4, -0.2) is 35.6 Å². The predicted octanol–water partition coefficient (Wildman–Crippen LogP) is 3.59. The first-order chi connectivity index (χ1) is 12.0. The zero-order valence-corrected chi connectivity index (χ0v) is 14.2. The van der Waals surface area contributed by atoms with Gasteiger partial charge in [-0.05, 0) is 41.8 Å². The van der Waals surface area contributed by atoms with Crippen molar-refractivity contribution in [2.24, 2.45) is 0 Å². The maximum absolute atomic E-state index is 10.0. The summed E-state index contributed by atoms with van der Waals surface area (Å²) in [6, 6.07) is 10.0. The zero-order valence-electron chi connectivity index (χ0n) is 14.2. The SMILES string of the molecule is COc1cc(/C=C/CC(O)/C=C/c2ccc(O)c(OC)c2)ccc1O. The van der Waals surface area contributed by atoms with E-state index in [1.807, 2.05) is 12.2 Å². The highest BCUT2D eigenvalue weighted by molar-refractivity contribution is 5.57. The van der Waals surface area contributed by atoms with Crippen molar-refractivity contribution in [1.29, 1.82) is 0 Å². The van der Waals surface area contributed by atoms with E-state index in [9.17, 15) is 15.3 Å². The first-order valence-electron chi connectivity index (χ1n) is 7.80. The molecule has 0 heterocycles. The molecule has 1 atom stereocenters. The Balaban J connectivity index is 1.95. The smallest absolute Gasteiger partial charge is 0.161 e. The summed E-state index contributed by atoms with van der Waals surface area (Å²) in [6.07, 6.45) is 6.93. The van der Waals surface area contributed by atoms with Crippen molar-refractivity contribution < 1.29 is 24.8 Å². The normalized spacial score (nSPS) is 12.6. The Labute approximate surface area is 147 Å². The molecule has 0 saturated heterocycles. The average Bonchev–Trinajstić information content (AvgIpc) is 2.62. The van der Waals surface area contributed by atoms with E-state index in [1.54, 1.807) is 48.6 Å². The predicted molar refractivity (Wildman–Crippen MR) is 98.0 cm³/mol. The van der Waals surface area contributed by atoms with Gasteiger partial charge in [-0.15, -0.1) is 0 Å². The van der Waals surface area contributed by atoms with Crippen molar-refractivity contribution in [1.82, 2.24) is 0 Å². The Kier molecular flexibility index (Phi) is 6.48. The van der Waals surface area contributed by atoms with Gasteiger partial charge in [0.2, 0.25) is 0 Å². The van der Waals surface area contributed by atoms with Gasteiger partial charge >= 0.3 is 0 Å².